The Morgan fingerprint density at radius 3 is 2.67 bits per heavy atom. The molecule has 1 atom stereocenters. The molecule has 2 rings (SSSR count). The van der Waals surface area contributed by atoms with Gasteiger partial charge >= 0.3 is 0 Å². The molecule has 1 aromatic carbocycles. The van der Waals surface area contributed by atoms with Crippen LogP contribution in [0.15, 0.2) is 18.2 Å². The molecule has 1 unspecified atom stereocenters. The molecule has 1 aliphatic heterocycles. The van der Waals surface area contributed by atoms with E-state index in [1.54, 1.807) is 0 Å². The maximum absolute atomic E-state index is 6.31. The molecule has 3 heteroatoms. The Labute approximate surface area is 115 Å². The summed E-state index contributed by atoms with van der Waals surface area (Å²) in [6.07, 6.45) is 2.52. The van der Waals surface area contributed by atoms with E-state index in [0.717, 1.165) is 25.3 Å². The Bertz CT molecular complexity index is 405. The number of halogens is 1. The van der Waals surface area contributed by atoms with Gasteiger partial charge in [0.1, 0.15) is 11.9 Å². The van der Waals surface area contributed by atoms with Crippen LogP contribution in [0.3, 0.4) is 0 Å². The van der Waals surface area contributed by atoms with Crippen molar-refractivity contribution in [2.75, 3.05) is 13.1 Å². The van der Waals surface area contributed by atoms with E-state index in [0.29, 0.717) is 5.02 Å². The predicted octanol–water partition coefficient (Wildman–Crippen LogP) is 3.77. The lowest BCUT2D eigenvalue weighted by atomic mass is 9.87. The highest BCUT2D eigenvalue weighted by Gasteiger charge is 2.18. The van der Waals surface area contributed by atoms with Crippen molar-refractivity contribution in [3.8, 4) is 5.75 Å². The van der Waals surface area contributed by atoms with Gasteiger partial charge in [0, 0.05) is 6.54 Å². The number of ether oxygens (including phenoxy) is 1. The Morgan fingerprint density at radius 2 is 2.11 bits per heavy atom. The second-order valence-corrected chi connectivity index (χ2v) is 6.39. The summed E-state index contributed by atoms with van der Waals surface area (Å²) in [5.74, 6) is 0.804. The molecule has 18 heavy (non-hydrogen) atoms. The topological polar surface area (TPSA) is 21.3 Å². The second kappa shape index (κ2) is 5.50. The highest BCUT2D eigenvalue weighted by atomic mass is 35.5. The fourth-order valence-corrected chi connectivity index (χ4v) is 2.39. The largest absolute Gasteiger partial charge is 0.488 e. The monoisotopic (exact) mass is 267 g/mol. The van der Waals surface area contributed by atoms with E-state index in [4.69, 9.17) is 16.3 Å². The van der Waals surface area contributed by atoms with E-state index in [-0.39, 0.29) is 11.5 Å². The minimum atomic E-state index is 0.120. The highest BCUT2D eigenvalue weighted by Crippen LogP contribution is 2.32. The molecular weight excluding hydrogens is 246 g/mol. The molecule has 2 nitrogen and oxygen atoms in total. The summed E-state index contributed by atoms with van der Waals surface area (Å²) >= 11 is 6.31. The summed E-state index contributed by atoms with van der Waals surface area (Å²) in [6.45, 7) is 8.56. The van der Waals surface area contributed by atoms with E-state index < -0.39 is 0 Å². The number of piperidine rings is 1. The average Bonchev–Trinajstić information content (AvgIpc) is 2.32. The molecule has 1 aliphatic rings. The van der Waals surface area contributed by atoms with Crippen molar-refractivity contribution in [3.05, 3.63) is 28.8 Å². The van der Waals surface area contributed by atoms with Crippen LogP contribution in [-0.2, 0) is 5.41 Å². The molecule has 0 spiro atoms. The summed E-state index contributed by atoms with van der Waals surface area (Å²) in [4.78, 5) is 0. The quantitative estimate of drug-likeness (QED) is 0.881. The van der Waals surface area contributed by atoms with Crippen LogP contribution in [0.5, 0.6) is 5.75 Å². The van der Waals surface area contributed by atoms with Crippen molar-refractivity contribution >= 4 is 11.6 Å². The lowest BCUT2D eigenvalue weighted by Gasteiger charge is -2.25. The molecule has 0 aromatic heterocycles. The van der Waals surface area contributed by atoms with E-state index in [9.17, 15) is 0 Å². The molecule has 1 fully saturated rings. The molecular formula is C15H22ClNO. The van der Waals surface area contributed by atoms with E-state index in [1.807, 2.05) is 12.1 Å². The van der Waals surface area contributed by atoms with Gasteiger partial charge in [-0.05, 0) is 42.5 Å². The standard InChI is InChI=1S/C15H22ClNO/c1-15(2,3)11-6-7-14(13(16)9-11)18-12-5-4-8-17-10-12/h6-7,9,12,17H,4-5,8,10H2,1-3H3. The van der Waals surface area contributed by atoms with Gasteiger partial charge < -0.3 is 10.1 Å². The van der Waals surface area contributed by atoms with Crippen molar-refractivity contribution in [2.24, 2.45) is 0 Å². The van der Waals surface area contributed by atoms with Gasteiger partial charge in [0.15, 0.2) is 0 Å². The van der Waals surface area contributed by atoms with Crippen molar-refractivity contribution in [1.29, 1.82) is 0 Å². The summed E-state index contributed by atoms with van der Waals surface area (Å²) in [6, 6.07) is 6.13. The smallest absolute Gasteiger partial charge is 0.138 e. The molecule has 1 aromatic rings. The van der Waals surface area contributed by atoms with Crippen LogP contribution in [-0.4, -0.2) is 19.2 Å². The summed E-state index contributed by atoms with van der Waals surface area (Å²) < 4.78 is 5.96. The fourth-order valence-electron chi connectivity index (χ4n) is 2.16. The van der Waals surface area contributed by atoms with E-state index >= 15 is 0 Å². The Kier molecular flexibility index (Phi) is 4.18. The zero-order valence-electron chi connectivity index (χ0n) is 11.4. The maximum Gasteiger partial charge on any atom is 0.138 e. The normalized spacial score (nSPS) is 20.8. The molecule has 0 bridgehead atoms. The summed E-state index contributed by atoms with van der Waals surface area (Å²) in [5, 5.41) is 4.06. The summed E-state index contributed by atoms with van der Waals surface area (Å²) in [7, 11) is 0. The third kappa shape index (κ3) is 3.39. The Hall–Kier alpha value is -0.730. The number of hydrogen-bond acceptors (Lipinski definition) is 2. The first-order valence-electron chi connectivity index (χ1n) is 6.64. The highest BCUT2D eigenvalue weighted by molar-refractivity contribution is 6.32. The molecule has 1 saturated heterocycles. The first-order chi connectivity index (χ1) is 8.47. The molecule has 0 aliphatic carbocycles. The second-order valence-electron chi connectivity index (χ2n) is 5.98. The van der Waals surface area contributed by atoms with Crippen LogP contribution < -0.4 is 10.1 Å². The van der Waals surface area contributed by atoms with Crippen molar-refractivity contribution in [3.63, 3.8) is 0 Å². The van der Waals surface area contributed by atoms with Gasteiger partial charge in [0.05, 0.1) is 5.02 Å². The van der Waals surface area contributed by atoms with Gasteiger partial charge in [0.25, 0.3) is 0 Å². The average molecular weight is 268 g/mol. The number of nitrogens with one attached hydrogen (secondary N) is 1. The molecule has 0 saturated carbocycles. The first kappa shape index (κ1) is 13.7. The zero-order valence-corrected chi connectivity index (χ0v) is 12.2. The van der Waals surface area contributed by atoms with E-state index in [1.165, 1.54) is 12.0 Å². The fraction of sp³-hybridized carbons (Fsp3) is 0.600. The van der Waals surface area contributed by atoms with Crippen molar-refractivity contribution < 1.29 is 4.74 Å². The minimum absolute atomic E-state index is 0.120. The van der Waals surface area contributed by atoms with Crippen molar-refractivity contribution in [2.45, 2.75) is 45.1 Å². The number of rotatable bonds is 2. The number of benzene rings is 1. The van der Waals surface area contributed by atoms with Crippen LogP contribution in [0.1, 0.15) is 39.2 Å². The lowest BCUT2D eigenvalue weighted by Crippen LogP contribution is -2.37. The van der Waals surface area contributed by atoms with Gasteiger partial charge in [0.2, 0.25) is 0 Å². The molecule has 1 heterocycles. The van der Waals surface area contributed by atoms with Gasteiger partial charge in [-0.1, -0.05) is 38.4 Å². The SMILES string of the molecule is CC(C)(C)c1ccc(OC2CCCNC2)c(Cl)c1. The van der Waals surface area contributed by atoms with Crippen LogP contribution in [0.25, 0.3) is 0 Å². The number of hydrogen-bond donors (Lipinski definition) is 1. The van der Waals surface area contributed by atoms with Crippen LogP contribution in [0, 0.1) is 0 Å². The molecule has 0 amide bonds. The summed E-state index contributed by atoms with van der Waals surface area (Å²) in [5.41, 5.74) is 1.36. The third-order valence-corrected chi connectivity index (χ3v) is 3.64. The molecule has 1 N–H and O–H groups in total. The van der Waals surface area contributed by atoms with Crippen LogP contribution in [0.4, 0.5) is 0 Å². The van der Waals surface area contributed by atoms with Gasteiger partial charge in [-0.15, -0.1) is 0 Å². The van der Waals surface area contributed by atoms with Gasteiger partial charge in [-0.2, -0.15) is 0 Å². The van der Waals surface area contributed by atoms with Crippen LogP contribution >= 0.6 is 11.6 Å². The minimum Gasteiger partial charge on any atom is -0.488 e. The van der Waals surface area contributed by atoms with Crippen LogP contribution in [0.2, 0.25) is 5.02 Å². The lowest BCUT2D eigenvalue weighted by molar-refractivity contribution is 0.167. The molecule has 100 valence electrons. The zero-order chi connectivity index (χ0) is 13.2. The maximum atomic E-state index is 6.31. The Morgan fingerprint density at radius 1 is 1.33 bits per heavy atom. The van der Waals surface area contributed by atoms with Gasteiger partial charge in [-0.3, -0.25) is 0 Å². The van der Waals surface area contributed by atoms with E-state index in [2.05, 4.69) is 32.2 Å². The predicted molar refractivity (Wildman–Crippen MR) is 76.7 cm³/mol. The molecule has 0 radical (unpaired) electrons. The van der Waals surface area contributed by atoms with Gasteiger partial charge in [-0.25, -0.2) is 0 Å². The Balaban J connectivity index is 2.09. The third-order valence-electron chi connectivity index (χ3n) is 3.34. The first-order valence-corrected chi connectivity index (χ1v) is 7.02. The van der Waals surface area contributed by atoms with Crippen molar-refractivity contribution in [1.82, 2.24) is 5.32 Å².